The van der Waals surface area contributed by atoms with Gasteiger partial charge in [-0.1, -0.05) is 36.0 Å². The number of rotatable bonds is 7. The molecule has 1 aromatic carbocycles. The molecule has 0 aliphatic heterocycles. The molecular formula is C16H17F2NOS. The standard InChI is InChI=1S/C16H17F2NOS/c17-16(18)21-10-14-6-5-13(20-14)9-19-8-12-7-11-3-1-2-4-15(11)12/h1-6,12,16,19H,7-10H2. The minimum atomic E-state index is -2.35. The number of hydrogen-bond acceptors (Lipinski definition) is 3. The molecule has 0 spiro atoms. The molecule has 1 unspecified atom stereocenters. The number of benzene rings is 1. The van der Waals surface area contributed by atoms with Gasteiger partial charge in [0.2, 0.25) is 0 Å². The van der Waals surface area contributed by atoms with E-state index in [-0.39, 0.29) is 5.75 Å². The van der Waals surface area contributed by atoms with Crippen LogP contribution in [0.25, 0.3) is 0 Å². The van der Waals surface area contributed by atoms with Crippen LogP contribution in [0.4, 0.5) is 8.78 Å². The molecule has 1 aromatic heterocycles. The molecule has 2 nitrogen and oxygen atoms in total. The molecular weight excluding hydrogens is 292 g/mol. The molecule has 3 rings (SSSR count). The van der Waals surface area contributed by atoms with Crippen molar-refractivity contribution in [1.29, 1.82) is 0 Å². The van der Waals surface area contributed by atoms with Gasteiger partial charge in [-0.2, -0.15) is 8.78 Å². The predicted octanol–water partition coefficient (Wildman–Crippen LogP) is 4.16. The molecule has 0 bridgehead atoms. The quantitative estimate of drug-likeness (QED) is 0.831. The van der Waals surface area contributed by atoms with Crippen molar-refractivity contribution >= 4 is 11.8 Å². The van der Waals surface area contributed by atoms with Crippen LogP contribution in [0.1, 0.15) is 28.6 Å². The van der Waals surface area contributed by atoms with Crippen LogP contribution in [0.15, 0.2) is 40.8 Å². The summed E-state index contributed by atoms with van der Waals surface area (Å²) in [5, 5.41) is 3.37. The fourth-order valence-corrected chi connectivity index (χ4v) is 3.10. The Morgan fingerprint density at radius 1 is 1.19 bits per heavy atom. The maximum Gasteiger partial charge on any atom is 0.284 e. The van der Waals surface area contributed by atoms with Gasteiger partial charge < -0.3 is 9.73 Å². The van der Waals surface area contributed by atoms with Crippen molar-refractivity contribution in [2.45, 2.75) is 30.4 Å². The Hall–Kier alpha value is -1.33. The number of alkyl halides is 2. The fourth-order valence-electron chi connectivity index (χ4n) is 2.65. The van der Waals surface area contributed by atoms with Crippen molar-refractivity contribution in [3.63, 3.8) is 0 Å². The van der Waals surface area contributed by atoms with Crippen LogP contribution in [-0.4, -0.2) is 12.3 Å². The number of furan rings is 1. The Balaban J connectivity index is 1.42. The summed E-state index contributed by atoms with van der Waals surface area (Å²) in [6, 6.07) is 12.1. The van der Waals surface area contributed by atoms with Gasteiger partial charge in [0.1, 0.15) is 11.5 Å². The molecule has 0 saturated heterocycles. The largest absolute Gasteiger partial charge is 0.464 e. The van der Waals surface area contributed by atoms with Gasteiger partial charge in [-0.05, 0) is 29.7 Å². The van der Waals surface area contributed by atoms with E-state index in [9.17, 15) is 8.78 Å². The third kappa shape index (κ3) is 3.66. The summed E-state index contributed by atoms with van der Waals surface area (Å²) >= 11 is 0.584. The van der Waals surface area contributed by atoms with Gasteiger partial charge in [0.25, 0.3) is 5.76 Å². The molecule has 0 amide bonds. The Morgan fingerprint density at radius 2 is 2.00 bits per heavy atom. The van der Waals surface area contributed by atoms with E-state index < -0.39 is 5.76 Å². The normalized spacial score (nSPS) is 16.8. The van der Waals surface area contributed by atoms with E-state index in [0.717, 1.165) is 18.7 Å². The number of nitrogens with one attached hydrogen (secondary N) is 1. The highest BCUT2D eigenvalue weighted by Crippen LogP contribution is 2.34. The average molecular weight is 309 g/mol. The topological polar surface area (TPSA) is 25.2 Å². The van der Waals surface area contributed by atoms with Crippen LogP contribution >= 0.6 is 11.8 Å². The zero-order valence-electron chi connectivity index (χ0n) is 11.5. The van der Waals surface area contributed by atoms with Crippen LogP contribution < -0.4 is 5.32 Å². The molecule has 0 fully saturated rings. The highest BCUT2D eigenvalue weighted by atomic mass is 32.2. The lowest BCUT2D eigenvalue weighted by Gasteiger charge is -2.30. The first-order valence-corrected chi connectivity index (χ1v) is 8.03. The first-order valence-electron chi connectivity index (χ1n) is 6.98. The third-order valence-corrected chi connectivity index (χ3v) is 4.42. The lowest BCUT2D eigenvalue weighted by atomic mass is 9.77. The lowest BCUT2D eigenvalue weighted by Crippen LogP contribution is -2.28. The third-order valence-electron chi connectivity index (χ3n) is 3.72. The molecule has 0 radical (unpaired) electrons. The molecule has 5 heteroatoms. The van der Waals surface area contributed by atoms with E-state index >= 15 is 0 Å². The second-order valence-electron chi connectivity index (χ2n) is 5.17. The molecule has 21 heavy (non-hydrogen) atoms. The maximum atomic E-state index is 12.1. The Kier molecular flexibility index (Phi) is 4.60. The second kappa shape index (κ2) is 6.62. The van der Waals surface area contributed by atoms with Gasteiger partial charge in [-0.25, -0.2) is 0 Å². The van der Waals surface area contributed by atoms with E-state index in [2.05, 4.69) is 29.6 Å². The summed E-state index contributed by atoms with van der Waals surface area (Å²) in [6.45, 7) is 1.55. The molecule has 0 saturated carbocycles. The van der Waals surface area contributed by atoms with E-state index in [1.807, 2.05) is 6.07 Å². The number of thioether (sulfide) groups is 1. The second-order valence-corrected chi connectivity index (χ2v) is 6.15. The summed E-state index contributed by atoms with van der Waals surface area (Å²) in [5.74, 6) is -0.160. The average Bonchev–Trinajstić information content (AvgIpc) is 2.89. The van der Waals surface area contributed by atoms with Crippen molar-refractivity contribution in [1.82, 2.24) is 5.32 Å². The van der Waals surface area contributed by atoms with Crippen LogP contribution in [0.2, 0.25) is 0 Å². The SMILES string of the molecule is FC(F)SCc1ccc(CNCC2Cc3ccccc32)o1. The molecule has 1 atom stereocenters. The first-order chi connectivity index (χ1) is 10.2. The predicted molar refractivity (Wildman–Crippen MR) is 80.6 cm³/mol. The van der Waals surface area contributed by atoms with Crippen LogP contribution in [-0.2, 0) is 18.7 Å². The van der Waals surface area contributed by atoms with E-state index in [4.69, 9.17) is 4.42 Å². The van der Waals surface area contributed by atoms with E-state index in [1.54, 1.807) is 6.07 Å². The van der Waals surface area contributed by atoms with Gasteiger partial charge in [-0.3, -0.25) is 0 Å². The zero-order valence-corrected chi connectivity index (χ0v) is 12.3. The highest BCUT2D eigenvalue weighted by Gasteiger charge is 2.24. The Bertz CT molecular complexity index is 599. The van der Waals surface area contributed by atoms with Crippen molar-refractivity contribution in [2.24, 2.45) is 0 Å². The summed E-state index contributed by atoms with van der Waals surface area (Å²) in [6.07, 6.45) is 1.12. The van der Waals surface area contributed by atoms with Gasteiger partial charge >= 0.3 is 0 Å². The Morgan fingerprint density at radius 3 is 2.81 bits per heavy atom. The molecule has 1 heterocycles. The van der Waals surface area contributed by atoms with Crippen LogP contribution in [0.5, 0.6) is 0 Å². The van der Waals surface area contributed by atoms with Crippen molar-refractivity contribution < 1.29 is 13.2 Å². The maximum absolute atomic E-state index is 12.1. The van der Waals surface area contributed by atoms with Gasteiger partial charge in [0.15, 0.2) is 0 Å². The Labute approximate surface area is 126 Å². The van der Waals surface area contributed by atoms with E-state index in [1.165, 1.54) is 11.1 Å². The summed E-state index contributed by atoms with van der Waals surface area (Å²) < 4.78 is 29.7. The molecule has 2 aromatic rings. The molecule has 112 valence electrons. The van der Waals surface area contributed by atoms with Crippen LogP contribution in [0, 0.1) is 0 Å². The summed E-state index contributed by atoms with van der Waals surface area (Å²) in [5.41, 5.74) is 2.87. The molecule has 1 aliphatic rings. The first kappa shape index (κ1) is 14.6. The lowest BCUT2D eigenvalue weighted by molar-refractivity contribution is 0.251. The van der Waals surface area contributed by atoms with Crippen molar-refractivity contribution in [3.8, 4) is 0 Å². The molecule has 1 N–H and O–H groups in total. The number of hydrogen-bond donors (Lipinski definition) is 1. The van der Waals surface area contributed by atoms with Gasteiger partial charge in [-0.15, -0.1) is 0 Å². The smallest absolute Gasteiger partial charge is 0.284 e. The minimum absolute atomic E-state index is 0.216. The number of halogens is 2. The molecule has 1 aliphatic carbocycles. The zero-order chi connectivity index (χ0) is 14.7. The van der Waals surface area contributed by atoms with Crippen molar-refractivity contribution in [2.75, 3.05) is 6.54 Å². The van der Waals surface area contributed by atoms with Crippen LogP contribution in [0.3, 0.4) is 0 Å². The fraction of sp³-hybridized carbons (Fsp3) is 0.375. The highest BCUT2D eigenvalue weighted by molar-refractivity contribution is 7.98. The number of fused-ring (bicyclic) bond motifs is 1. The summed E-state index contributed by atoms with van der Waals surface area (Å²) in [4.78, 5) is 0. The summed E-state index contributed by atoms with van der Waals surface area (Å²) in [7, 11) is 0. The van der Waals surface area contributed by atoms with Crippen molar-refractivity contribution in [3.05, 3.63) is 59.0 Å². The van der Waals surface area contributed by atoms with Gasteiger partial charge in [0.05, 0.1) is 12.3 Å². The monoisotopic (exact) mass is 309 g/mol. The van der Waals surface area contributed by atoms with Gasteiger partial charge in [0, 0.05) is 12.5 Å². The van der Waals surface area contributed by atoms with E-state index in [0.29, 0.717) is 30.0 Å². The minimum Gasteiger partial charge on any atom is -0.464 e.